The highest BCUT2D eigenvalue weighted by molar-refractivity contribution is 7.09. The summed E-state index contributed by atoms with van der Waals surface area (Å²) in [6.45, 7) is 8.23. The van der Waals surface area contributed by atoms with Gasteiger partial charge in [-0.25, -0.2) is 15.0 Å². The molecule has 19 heavy (non-hydrogen) atoms. The molecule has 2 aromatic heterocycles. The van der Waals surface area contributed by atoms with Crippen molar-refractivity contribution in [2.24, 2.45) is 0 Å². The predicted molar refractivity (Wildman–Crippen MR) is 79.9 cm³/mol. The Kier molecular flexibility index (Phi) is 4.06. The topological polar surface area (TPSA) is 50.7 Å². The molecule has 2 heterocycles. The number of halogens is 1. The summed E-state index contributed by atoms with van der Waals surface area (Å²) in [6, 6.07) is 1.83. The summed E-state index contributed by atoms with van der Waals surface area (Å²) in [5.41, 5.74) is -0.133. The van der Waals surface area contributed by atoms with Crippen LogP contribution in [0.1, 0.15) is 44.6 Å². The van der Waals surface area contributed by atoms with Gasteiger partial charge in [-0.1, -0.05) is 32.4 Å². The fourth-order valence-electron chi connectivity index (χ4n) is 1.56. The van der Waals surface area contributed by atoms with E-state index in [4.69, 9.17) is 11.6 Å². The van der Waals surface area contributed by atoms with Crippen molar-refractivity contribution in [3.63, 3.8) is 0 Å². The third kappa shape index (κ3) is 3.64. The van der Waals surface area contributed by atoms with Gasteiger partial charge in [-0.2, -0.15) is 0 Å². The maximum atomic E-state index is 6.06. The zero-order valence-electron chi connectivity index (χ0n) is 11.4. The molecule has 2 rings (SSSR count). The Balaban J connectivity index is 2.23. The van der Waals surface area contributed by atoms with Crippen molar-refractivity contribution in [2.75, 3.05) is 5.32 Å². The van der Waals surface area contributed by atoms with E-state index in [1.54, 1.807) is 23.6 Å². The number of hydrogen-bond donors (Lipinski definition) is 1. The lowest BCUT2D eigenvalue weighted by Crippen LogP contribution is -2.18. The molecule has 0 aliphatic heterocycles. The number of anilines is 1. The van der Waals surface area contributed by atoms with Crippen LogP contribution in [0.25, 0.3) is 0 Å². The van der Waals surface area contributed by atoms with E-state index in [1.807, 2.05) is 12.3 Å². The maximum Gasteiger partial charge on any atom is 0.137 e. The number of aromatic nitrogens is 3. The summed E-state index contributed by atoms with van der Waals surface area (Å²) in [5.74, 6) is 1.46. The van der Waals surface area contributed by atoms with Crippen molar-refractivity contribution < 1.29 is 0 Å². The Morgan fingerprint density at radius 1 is 1.32 bits per heavy atom. The first-order valence-electron chi connectivity index (χ1n) is 6.07. The monoisotopic (exact) mass is 296 g/mol. The van der Waals surface area contributed by atoms with Gasteiger partial charge >= 0.3 is 0 Å². The van der Waals surface area contributed by atoms with Gasteiger partial charge in [-0.3, -0.25) is 0 Å². The van der Waals surface area contributed by atoms with Crippen LogP contribution in [0, 0.1) is 0 Å². The molecule has 0 spiro atoms. The molecule has 0 saturated heterocycles. The third-order valence-electron chi connectivity index (χ3n) is 2.55. The molecule has 6 heteroatoms. The molecule has 0 saturated carbocycles. The Hall–Kier alpha value is -1.20. The fraction of sp³-hybridized carbons (Fsp3) is 0.462. The lowest BCUT2D eigenvalue weighted by Gasteiger charge is -2.19. The predicted octanol–water partition coefficient (Wildman–Crippen LogP) is 4.06. The Bertz CT molecular complexity index is 548. The van der Waals surface area contributed by atoms with Crippen LogP contribution in [0.2, 0.25) is 5.15 Å². The third-order valence-corrected chi connectivity index (χ3v) is 3.70. The summed E-state index contributed by atoms with van der Waals surface area (Å²) < 4.78 is 0. The molecule has 0 fully saturated rings. The first-order valence-corrected chi connectivity index (χ1v) is 7.33. The smallest absolute Gasteiger partial charge is 0.137 e. The second-order valence-electron chi connectivity index (χ2n) is 5.39. The molecule has 1 N–H and O–H groups in total. The number of nitrogens with one attached hydrogen (secondary N) is 1. The molecule has 0 bridgehead atoms. The summed E-state index contributed by atoms with van der Waals surface area (Å²) in [7, 11) is 0. The van der Waals surface area contributed by atoms with Crippen LogP contribution >= 0.6 is 22.9 Å². The van der Waals surface area contributed by atoms with Gasteiger partial charge < -0.3 is 5.32 Å². The number of thiazole rings is 1. The highest BCUT2D eigenvalue weighted by Crippen LogP contribution is 2.25. The standard InChI is InChI=1S/C13H17ClN4S/c1-8(11-15-5-6-19-11)16-10-7-9(14)17-12(18-10)13(2,3)4/h5-8H,1-4H3,(H,16,17,18). The van der Waals surface area contributed by atoms with Crippen molar-refractivity contribution in [1.29, 1.82) is 0 Å². The van der Waals surface area contributed by atoms with Gasteiger partial charge in [0.25, 0.3) is 0 Å². The van der Waals surface area contributed by atoms with E-state index in [2.05, 4.69) is 41.0 Å². The van der Waals surface area contributed by atoms with Crippen LogP contribution in [0.3, 0.4) is 0 Å². The highest BCUT2D eigenvalue weighted by Gasteiger charge is 2.19. The molecular weight excluding hydrogens is 280 g/mol. The zero-order valence-corrected chi connectivity index (χ0v) is 13.0. The van der Waals surface area contributed by atoms with Crippen LogP contribution in [-0.2, 0) is 5.41 Å². The quantitative estimate of drug-likeness (QED) is 0.868. The minimum Gasteiger partial charge on any atom is -0.361 e. The molecule has 0 aromatic carbocycles. The van der Waals surface area contributed by atoms with Gasteiger partial charge in [0, 0.05) is 23.1 Å². The van der Waals surface area contributed by atoms with Gasteiger partial charge in [0.2, 0.25) is 0 Å². The zero-order chi connectivity index (χ0) is 14.0. The molecule has 1 atom stereocenters. The number of nitrogens with zero attached hydrogens (tertiary/aromatic N) is 3. The van der Waals surface area contributed by atoms with Crippen LogP contribution in [-0.4, -0.2) is 15.0 Å². The Morgan fingerprint density at radius 3 is 2.63 bits per heavy atom. The Labute approximate surface area is 122 Å². The molecular formula is C13H17ClN4S. The van der Waals surface area contributed by atoms with E-state index >= 15 is 0 Å². The minimum absolute atomic E-state index is 0.0961. The normalized spacial score (nSPS) is 13.3. The average molecular weight is 297 g/mol. The summed E-state index contributed by atoms with van der Waals surface area (Å²) in [5, 5.41) is 6.74. The summed E-state index contributed by atoms with van der Waals surface area (Å²) in [6.07, 6.45) is 1.80. The maximum absolute atomic E-state index is 6.06. The van der Waals surface area contributed by atoms with Crippen molar-refractivity contribution in [2.45, 2.75) is 39.2 Å². The second-order valence-corrected chi connectivity index (χ2v) is 6.70. The first kappa shape index (κ1) is 14.2. The van der Waals surface area contributed by atoms with Crippen LogP contribution in [0.5, 0.6) is 0 Å². The molecule has 1 unspecified atom stereocenters. The second kappa shape index (κ2) is 5.43. The summed E-state index contributed by atoms with van der Waals surface area (Å²) in [4.78, 5) is 13.1. The SMILES string of the molecule is CC(Nc1cc(Cl)nc(C(C)(C)C)n1)c1nccs1. The molecule has 0 amide bonds. The molecule has 0 radical (unpaired) electrons. The lowest BCUT2D eigenvalue weighted by molar-refractivity contribution is 0.545. The van der Waals surface area contributed by atoms with Gasteiger partial charge in [0.15, 0.2) is 0 Å². The number of hydrogen-bond acceptors (Lipinski definition) is 5. The van der Waals surface area contributed by atoms with Gasteiger partial charge in [0.1, 0.15) is 21.8 Å². The molecule has 0 aliphatic carbocycles. The molecule has 102 valence electrons. The van der Waals surface area contributed by atoms with Crippen LogP contribution in [0.4, 0.5) is 5.82 Å². The largest absolute Gasteiger partial charge is 0.361 e. The van der Waals surface area contributed by atoms with Crippen LogP contribution < -0.4 is 5.32 Å². The van der Waals surface area contributed by atoms with E-state index in [9.17, 15) is 0 Å². The van der Waals surface area contributed by atoms with Gasteiger partial charge in [-0.05, 0) is 6.92 Å². The van der Waals surface area contributed by atoms with E-state index in [0.29, 0.717) is 5.15 Å². The van der Waals surface area contributed by atoms with E-state index in [1.165, 1.54) is 0 Å². The van der Waals surface area contributed by atoms with Crippen molar-refractivity contribution >= 4 is 28.8 Å². The average Bonchev–Trinajstić information content (AvgIpc) is 2.80. The minimum atomic E-state index is -0.133. The molecule has 0 aliphatic rings. The van der Waals surface area contributed by atoms with Crippen molar-refractivity contribution in [3.05, 3.63) is 33.6 Å². The fourth-order valence-corrected chi connectivity index (χ4v) is 2.39. The van der Waals surface area contributed by atoms with Gasteiger partial charge in [-0.15, -0.1) is 11.3 Å². The Morgan fingerprint density at radius 2 is 2.05 bits per heavy atom. The van der Waals surface area contributed by atoms with E-state index in [0.717, 1.165) is 16.6 Å². The van der Waals surface area contributed by atoms with E-state index in [-0.39, 0.29) is 11.5 Å². The first-order chi connectivity index (χ1) is 8.86. The van der Waals surface area contributed by atoms with Gasteiger partial charge in [0.05, 0.1) is 6.04 Å². The highest BCUT2D eigenvalue weighted by atomic mass is 35.5. The van der Waals surface area contributed by atoms with Crippen LogP contribution in [0.15, 0.2) is 17.6 Å². The molecule has 2 aromatic rings. The van der Waals surface area contributed by atoms with Crippen molar-refractivity contribution in [3.8, 4) is 0 Å². The molecule has 4 nitrogen and oxygen atoms in total. The van der Waals surface area contributed by atoms with Crippen molar-refractivity contribution in [1.82, 2.24) is 15.0 Å². The summed E-state index contributed by atoms with van der Waals surface area (Å²) >= 11 is 7.67. The lowest BCUT2D eigenvalue weighted by atomic mass is 9.96. The number of rotatable bonds is 3. The van der Waals surface area contributed by atoms with E-state index < -0.39 is 0 Å².